The van der Waals surface area contributed by atoms with Crippen LogP contribution >= 0.6 is 0 Å². The molecular weight excluding hydrogens is 370 g/mol. The number of carbonyl (C=O) groups is 1. The van der Waals surface area contributed by atoms with Gasteiger partial charge in [-0.1, -0.05) is 6.07 Å². The number of allylic oxidation sites excluding steroid dienone is 1. The number of anilines is 2. The van der Waals surface area contributed by atoms with Gasteiger partial charge in [0.25, 0.3) is 0 Å². The lowest BCUT2D eigenvalue weighted by atomic mass is 9.81. The number of nitro groups is 1. The Morgan fingerprint density at radius 3 is 2.82 bits per heavy atom. The number of nitrogens with two attached hydrogens (primary N) is 1. The molecule has 1 aliphatic heterocycles. The van der Waals surface area contributed by atoms with E-state index in [4.69, 9.17) is 10.5 Å². The van der Waals surface area contributed by atoms with Crippen LogP contribution in [0.4, 0.5) is 17.3 Å². The predicted octanol–water partition coefficient (Wildman–Crippen LogP) is 1.36. The van der Waals surface area contributed by atoms with Gasteiger partial charge < -0.3 is 20.9 Å². The number of phenolic OH excluding ortho intramolecular Hbond substituents is 1. The lowest BCUT2D eigenvalue weighted by Crippen LogP contribution is -2.29. The number of hydrogen-bond donors (Lipinski definition) is 4. The normalized spacial score (nSPS) is 15.6. The first-order chi connectivity index (χ1) is 13.2. The maximum absolute atomic E-state index is 12.6. The van der Waals surface area contributed by atoms with Crippen molar-refractivity contribution in [1.29, 1.82) is 0 Å². The third-order valence-corrected chi connectivity index (χ3v) is 4.31. The number of phenols is 1. The largest absolute Gasteiger partial charge is 0.502 e. The van der Waals surface area contributed by atoms with E-state index in [0.717, 1.165) is 12.1 Å². The number of nitrogens with one attached hydrogen (secondary N) is 2. The lowest BCUT2D eigenvalue weighted by Gasteiger charge is -2.29. The number of aromatic nitrogens is 2. The molecule has 1 unspecified atom stereocenters. The fraction of sp³-hybridized carbons (Fsp3) is 0.235. The van der Waals surface area contributed by atoms with Gasteiger partial charge in [0.1, 0.15) is 11.6 Å². The molecule has 11 heteroatoms. The minimum absolute atomic E-state index is 0.0440. The molecule has 0 saturated heterocycles. The molecule has 0 spiro atoms. The number of fused-ring (bicyclic) bond motifs is 1. The topological polar surface area (TPSA) is 173 Å². The second-order valence-corrected chi connectivity index (χ2v) is 6.04. The van der Waals surface area contributed by atoms with Crippen molar-refractivity contribution >= 4 is 23.3 Å². The summed E-state index contributed by atoms with van der Waals surface area (Å²) in [5.41, 5.74) is 5.86. The summed E-state index contributed by atoms with van der Waals surface area (Å²) in [6.45, 7) is 3.35. The van der Waals surface area contributed by atoms with Crippen LogP contribution < -0.4 is 16.7 Å². The van der Waals surface area contributed by atoms with Crippen LogP contribution in [-0.4, -0.2) is 32.6 Å². The second-order valence-electron chi connectivity index (χ2n) is 6.04. The fourth-order valence-electron chi connectivity index (χ4n) is 3.17. The number of nitrogens with zero attached hydrogens (tertiary/aromatic N) is 2. The quantitative estimate of drug-likeness (QED) is 0.343. The molecule has 1 aliphatic rings. The molecule has 2 aromatic rings. The van der Waals surface area contributed by atoms with Crippen molar-refractivity contribution in [3.8, 4) is 5.75 Å². The van der Waals surface area contributed by atoms with Crippen LogP contribution in [0.2, 0.25) is 0 Å². The maximum Gasteiger partial charge on any atom is 0.348 e. The van der Waals surface area contributed by atoms with Gasteiger partial charge in [-0.15, -0.1) is 0 Å². The van der Waals surface area contributed by atoms with Crippen molar-refractivity contribution in [2.24, 2.45) is 0 Å². The molecule has 0 bridgehead atoms. The molecule has 0 radical (unpaired) electrons. The zero-order chi connectivity index (χ0) is 20.6. The van der Waals surface area contributed by atoms with Crippen LogP contribution in [0.1, 0.15) is 30.9 Å². The third-order valence-electron chi connectivity index (χ3n) is 4.31. The highest BCUT2D eigenvalue weighted by atomic mass is 16.6. The molecule has 0 aliphatic carbocycles. The van der Waals surface area contributed by atoms with E-state index in [1.54, 1.807) is 13.8 Å². The maximum atomic E-state index is 12.6. The number of hydrogen-bond acceptors (Lipinski definition) is 9. The molecule has 1 aromatic carbocycles. The van der Waals surface area contributed by atoms with Crippen LogP contribution in [0.3, 0.4) is 0 Å². The molecule has 0 saturated carbocycles. The minimum Gasteiger partial charge on any atom is -0.502 e. The lowest BCUT2D eigenvalue weighted by molar-refractivity contribution is -0.385. The molecular formula is C17H17N5O6. The Balaban J connectivity index is 2.31. The highest BCUT2D eigenvalue weighted by Crippen LogP contribution is 2.44. The number of rotatable bonds is 4. The third kappa shape index (κ3) is 3.13. The summed E-state index contributed by atoms with van der Waals surface area (Å²) in [5, 5.41) is 23.9. The number of aromatic amines is 1. The first kappa shape index (κ1) is 18.9. The number of benzene rings is 1. The number of carbonyl (C=O) groups excluding carboxylic acids is 1. The van der Waals surface area contributed by atoms with Crippen LogP contribution in [0.15, 0.2) is 34.3 Å². The van der Waals surface area contributed by atoms with E-state index in [1.165, 1.54) is 6.07 Å². The first-order valence-corrected chi connectivity index (χ1v) is 8.26. The summed E-state index contributed by atoms with van der Waals surface area (Å²) >= 11 is 0. The van der Waals surface area contributed by atoms with Crippen LogP contribution in [0.25, 0.3) is 0 Å². The molecule has 1 aromatic heterocycles. The Labute approximate surface area is 158 Å². The standard InChI is InChI=1S/C17H17N5O6/c1-3-28-16(24)11-7(2)19-15-13(14(18)20-17(25)21-15)12(11)8-4-5-10(23)9(6-8)22(26)27/h4-6,12,23H,3H2,1-2H3,(H4,18,19,20,21,25). The van der Waals surface area contributed by atoms with E-state index in [0.29, 0.717) is 11.3 Å². The number of ether oxygens (including phenoxy) is 1. The summed E-state index contributed by atoms with van der Waals surface area (Å²) in [4.78, 5) is 41.0. The van der Waals surface area contributed by atoms with E-state index in [2.05, 4.69) is 15.3 Å². The number of aromatic hydroxyl groups is 1. The Bertz CT molecular complexity index is 1070. The summed E-state index contributed by atoms with van der Waals surface area (Å²) in [7, 11) is 0. The Morgan fingerprint density at radius 1 is 1.46 bits per heavy atom. The summed E-state index contributed by atoms with van der Waals surface area (Å²) in [6, 6.07) is 3.73. The smallest absolute Gasteiger partial charge is 0.348 e. The molecule has 0 fully saturated rings. The molecule has 2 heterocycles. The van der Waals surface area contributed by atoms with Gasteiger partial charge in [-0.2, -0.15) is 4.98 Å². The fourth-order valence-corrected chi connectivity index (χ4v) is 3.17. The van der Waals surface area contributed by atoms with Gasteiger partial charge in [-0.05, 0) is 25.5 Å². The minimum atomic E-state index is -0.904. The van der Waals surface area contributed by atoms with Crippen molar-refractivity contribution in [3.05, 3.63) is 61.2 Å². The SMILES string of the molecule is CCOC(=O)C1=C(C)Nc2nc(=O)[nH]c(N)c2C1c1ccc(O)c([N+](=O)[O-])c1. The average molecular weight is 387 g/mol. The highest BCUT2D eigenvalue weighted by molar-refractivity contribution is 5.95. The molecule has 0 amide bonds. The zero-order valence-electron chi connectivity index (χ0n) is 15.0. The molecule has 3 rings (SSSR count). The first-order valence-electron chi connectivity index (χ1n) is 8.26. The highest BCUT2D eigenvalue weighted by Gasteiger charge is 2.37. The molecule has 5 N–H and O–H groups in total. The van der Waals surface area contributed by atoms with Crippen LogP contribution in [0, 0.1) is 10.1 Å². The molecule has 146 valence electrons. The number of H-pyrrole nitrogens is 1. The van der Waals surface area contributed by atoms with Crippen molar-refractivity contribution in [3.63, 3.8) is 0 Å². The zero-order valence-corrected chi connectivity index (χ0v) is 15.0. The number of nitro benzene ring substituents is 1. The van der Waals surface area contributed by atoms with Crippen molar-refractivity contribution in [2.75, 3.05) is 17.7 Å². The Morgan fingerprint density at radius 2 is 2.18 bits per heavy atom. The van der Waals surface area contributed by atoms with Crippen molar-refractivity contribution < 1.29 is 19.6 Å². The number of esters is 1. The summed E-state index contributed by atoms with van der Waals surface area (Å²) in [6.07, 6.45) is 0. The monoisotopic (exact) mass is 387 g/mol. The van der Waals surface area contributed by atoms with Crippen molar-refractivity contribution in [1.82, 2.24) is 9.97 Å². The van der Waals surface area contributed by atoms with E-state index in [9.17, 15) is 24.8 Å². The van der Waals surface area contributed by atoms with E-state index in [-0.39, 0.29) is 29.4 Å². The predicted molar refractivity (Wildman–Crippen MR) is 98.8 cm³/mol. The average Bonchev–Trinajstić information content (AvgIpc) is 2.60. The summed E-state index contributed by atoms with van der Waals surface area (Å²) in [5.74, 6) is -1.98. The van der Waals surface area contributed by atoms with Gasteiger partial charge in [0, 0.05) is 17.3 Å². The van der Waals surface area contributed by atoms with Crippen LogP contribution in [0.5, 0.6) is 5.75 Å². The van der Waals surface area contributed by atoms with Crippen LogP contribution in [-0.2, 0) is 9.53 Å². The van der Waals surface area contributed by atoms with E-state index >= 15 is 0 Å². The molecule has 28 heavy (non-hydrogen) atoms. The van der Waals surface area contributed by atoms with Crippen molar-refractivity contribution in [2.45, 2.75) is 19.8 Å². The molecule has 11 nitrogen and oxygen atoms in total. The van der Waals surface area contributed by atoms with Gasteiger partial charge in [-0.3, -0.25) is 15.1 Å². The summed E-state index contributed by atoms with van der Waals surface area (Å²) < 4.78 is 5.13. The van der Waals surface area contributed by atoms with Gasteiger partial charge in [0.05, 0.1) is 23.0 Å². The van der Waals surface area contributed by atoms with E-state index in [1.807, 2.05) is 0 Å². The Hall–Kier alpha value is -3.89. The van der Waals surface area contributed by atoms with Gasteiger partial charge in [0.2, 0.25) is 0 Å². The van der Waals surface area contributed by atoms with E-state index < -0.39 is 33.9 Å². The van der Waals surface area contributed by atoms with Gasteiger partial charge >= 0.3 is 17.3 Å². The Kier molecular flexibility index (Phi) is 4.74. The number of nitrogen functional groups attached to an aromatic ring is 1. The molecule has 1 atom stereocenters. The second kappa shape index (κ2) is 7.02. The van der Waals surface area contributed by atoms with Gasteiger partial charge in [0.15, 0.2) is 5.75 Å². The van der Waals surface area contributed by atoms with Gasteiger partial charge in [-0.25, -0.2) is 9.59 Å².